The largest absolute Gasteiger partial charge is 0.487 e. The molecule has 106 valence electrons. The first-order valence-corrected chi connectivity index (χ1v) is 7.35. The molecule has 1 aromatic heterocycles. The number of aromatic nitrogens is 2. The van der Waals surface area contributed by atoms with E-state index < -0.39 is 0 Å². The van der Waals surface area contributed by atoms with Gasteiger partial charge in [0.2, 0.25) is 0 Å². The molecule has 4 nitrogen and oxygen atoms in total. The number of benzene rings is 1. The van der Waals surface area contributed by atoms with Crippen molar-refractivity contribution in [1.82, 2.24) is 9.78 Å². The smallest absolute Gasteiger partial charge is 0.130 e. The summed E-state index contributed by atoms with van der Waals surface area (Å²) in [5.74, 6) is 0.914. The lowest BCUT2D eigenvalue weighted by atomic mass is 10.3. The monoisotopic (exact) mass is 271 g/mol. The lowest BCUT2D eigenvalue weighted by molar-refractivity contribution is 0.292. The predicted octanol–water partition coefficient (Wildman–Crippen LogP) is 3.08. The van der Waals surface area contributed by atoms with Gasteiger partial charge >= 0.3 is 0 Å². The Kier molecular flexibility index (Phi) is 3.90. The van der Waals surface area contributed by atoms with Crippen molar-refractivity contribution in [2.75, 3.05) is 18.0 Å². The van der Waals surface area contributed by atoms with Crippen molar-refractivity contribution < 1.29 is 4.74 Å². The molecule has 3 rings (SSSR count). The van der Waals surface area contributed by atoms with Gasteiger partial charge in [0, 0.05) is 31.5 Å². The van der Waals surface area contributed by atoms with Crippen molar-refractivity contribution in [2.45, 2.75) is 32.9 Å². The van der Waals surface area contributed by atoms with Crippen LogP contribution in [0.15, 0.2) is 36.5 Å². The molecule has 2 heterocycles. The third kappa shape index (κ3) is 2.79. The van der Waals surface area contributed by atoms with Gasteiger partial charge in [-0.2, -0.15) is 5.10 Å². The topological polar surface area (TPSA) is 30.3 Å². The standard InChI is InChI=1S/C16H21N3O/c1-2-19-15(9-10-17-19)13-20-16-7-5-14(6-8-16)18-11-3-4-12-18/h5-10H,2-4,11-13H2,1H3. The molecule has 20 heavy (non-hydrogen) atoms. The fourth-order valence-corrected chi connectivity index (χ4v) is 2.65. The highest BCUT2D eigenvalue weighted by molar-refractivity contribution is 5.49. The van der Waals surface area contributed by atoms with E-state index in [1.165, 1.54) is 31.6 Å². The van der Waals surface area contributed by atoms with Crippen LogP contribution in [0.3, 0.4) is 0 Å². The summed E-state index contributed by atoms with van der Waals surface area (Å²) in [7, 11) is 0. The first-order chi connectivity index (χ1) is 9.86. The number of aryl methyl sites for hydroxylation is 1. The molecule has 0 unspecified atom stereocenters. The Labute approximate surface area is 120 Å². The zero-order chi connectivity index (χ0) is 13.8. The first kappa shape index (κ1) is 13.0. The highest BCUT2D eigenvalue weighted by atomic mass is 16.5. The van der Waals surface area contributed by atoms with Gasteiger partial charge < -0.3 is 9.64 Å². The Bertz CT molecular complexity index is 541. The maximum absolute atomic E-state index is 5.83. The van der Waals surface area contributed by atoms with Crippen molar-refractivity contribution in [1.29, 1.82) is 0 Å². The van der Waals surface area contributed by atoms with E-state index in [0.717, 1.165) is 18.0 Å². The number of ether oxygens (including phenoxy) is 1. The van der Waals surface area contributed by atoms with E-state index in [0.29, 0.717) is 6.61 Å². The number of anilines is 1. The predicted molar refractivity (Wildman–Crippen MR) is 80.1 cm³/mol. The average molecular weight is 271 g/mol. The molecule has 0 bridgehead atoms. The van der Waals surface area contributed by atoms with Gasteiger partial charge in [-0.15, -0.1) is 0 Å². The maximum Gasteiger partial charge on any atom is 0.130 e. The van der Waals surface area contributed by atoms with Crippen molar-refractivity contribution in [3.8, 4) is 5.75 Å². The molecule has 0 N–H and O–H groups in total. The second-order valence-electron chi connectivity index (χ2n) is 5.12. The van der Waals surface area contributed by atoms with E-state index in [-0.39, 0.29) is 0 Å². The van der Waals surface area contributed by atoms with Crippen LogP contribution in [-0.2, 0) is 13.2 Å². The minimum absolute atomic E-state index is 0.566. The molecule has 2 aromatic rings. The molecule has 1 aliphatic rings. The molecule has 0 aliphatic carbocycles. The van der Waals surface area contributed by atoms with Crippen molar-refractivity contribution in [2.24, 2.45) is 0 Å². The number of nitrogens with zero attached hydrogens (tertiary/aromatic N) is 3. The van der Waals surface area contributed by atoms with Crippen molar-refractivity contribution in [3.05, 3.63) is 42.2 Å². The minimum Gasteiger partial charge on any atom is -0.487 e. The van der Waals surface area contributed by atoms with Crippen LogP contribution < -0.4 is 9.64 Å². The fraction of sp³-hybridized carbons (Fsp3) is 0.438. The number of rotatable bonds is 5. The van der Waals surface area contributed by atoms with E-state index >= 15 is 0 Å². The zero-order valence-electron chi connectivity index (χ0n) is 12.0. The van der Waals surface area contributed by atoms with E-state index in [1.807, 2.05) is 16.9 Å². The molecular formula is C16H21N3O. The Morgan fingerprint density at radius 2 is 1.85 bits per heavy atom. The van der Waals surface area contributed by atoms with E-state index in [9.17, 15) is 0 Å². The summed E-state index contributed by atoms with van der Waals surface area (Å²) in [6, 6.07) is 10.4. The molecule has 1 fully saturated rings. The molecule has 1 aliphatic heterocycles. The molecule has 4 heteroatoms. The maximum atomic E-state index is 5.83. The van der Waals surface area contributed by atoms with Crippen molar-refractivity contribution in [3.63, 3.8) is 0 Å². The van der Waals surface area contributed by atoms with Crippen LogP contribution in [0.4, 0.5) is 5.69 Å². The summed E-state index contributed by atoms with van der Waals surface area (Å²) in [6.07, 6.45) is 4.43. The van der Waals surface area contributed by atoms with E-state index in [2.05, 4.69) is 41.2 Å². The van der Waals surface area contributed by atoms with Crippen LogP contribution in [-0.4, -0.2) is 22.9 Å². The van der Waals surface area contributed by atoms with E-state index in [4.69, 9.17) is 4.74 Å². The van der Waals surface area contributed by atoms with Crippen LogP contribution in [0.25, 0.3) is 0 Å². The summed E-state index contributed by atoms with van der Waals surface area (Å²) in [5, 5.41) is 4.24. The lowest BCUT2D eigenvalue weighted by Gasteiger charge is -2.17. The molecule has 0 radical (unpaired) electrons. The van der Waals surface area contributed by atoms with Crippen LogP contribution in [0.5, 0.6) is 5.75 Å². The second kappa shape index (κ2) is 5.99. The zero-order valence-corrected chi connectivity index (χ0v) is 12.0. The first-order valence-electron chi connectivity index (χ1n) is 7.35. The quantitative estimate of drug-likeness (QED) is 0.837. The van der Waals surface area contributed by atoms with Crippen LogP contribution in [0, 0.1) is 0 Å². The summed E-state index contributed by atoms with van der Waals surface area (Å²) in [6.45, 7) is 5.88. The highest BCUT2D eigenvalue weighted by Crippen LogP contribution is 2.23. The molecule has 0 spiro atoms. The summed E-state index contributed by atoms with van der Waals surface area (Å²) in [4.78, 5) is 2.43. The van der Waals surface area contributed by atoms with Gasteiger partial charge in [0.05, 0.1) is 5.69 Å². The number of hydrogen-bond donors (Lipinski definition) is 0. The van der Waals surface area contributed by atoms with Crippen LogP contribution >= 0.6 is 0 Å². The highest BCUT2D eigenvalue weighted by Gasteiger charge is 2.11. The summed E-state index contributed by atoms with van der Waals surface area (Å²) < 4.78 is 7.79. The van der Waals surface area contributed by atoms with Gasteiger partial charge in [-0.3, -0.25) is 4.68 Å². The Hall–Kier alpha value is -1.97. The minimum atomic E-state index is 0.566. The normalized spacial score (nSPS) is 14.8. The molecule has 0 saturated carbocycles. The average Bonchev–Trinajstić information content (AvgIpc) is 3.16. The molecule has 0 amide bonds. The Balaban J connectivity index is 1.60. The van der Waals surface area contributed by atoms with Gasteiger partial charge in [0.1, 0.15) is 12.4 Å². The van der Waals surface area contributed by atoms with E-state index in [1.54, 1.807) is 0 Å². The molecule has 0 atom stereocenters. The van der Waals surface area contributed by atoms with Gasteiger partial charge in [0.15, 0.2) is 0 Å². The van der Waals surface area contributed by atoms with Crippen LogP contribution in [0.1, 0.15) is 25.5 Å². The summed E-state index contributed by atoms with van der Waals surface area (Å²) in [5.41, 5.74) is 2.41. The fourth-order valence-electron chi connectivity index (χ4n) is 2.65. The SMILES string of the molecule is CCn1nccc1COc1ccc(N2CCCC2)cc1. The third-order valence-corrected chi connectivity index (χ3v) is 3.80. The molecular weight excluding hydrogens is 250 g/mol. The lowest BCUT2D eigenvalue weighted by Crippen LogP contribution is -2.17. The van der Waals surface area contributed by atoms with Crippen molar-refractivity contribution >= 4 is 5.69 Å². The second-order valence-corrected chi connectivity index (χ2v) is 5.12. The summed E-state index contributed by atoms with van der Waals surface area (Å²) >= 11 is 0. The molecule has 1 aromatic carbocycles. The van der Waals surface area contributed by atoms with Gasteiger partial charge in [0.25, 0.3) is 0 Å². The van der Waals surface area contributed by atoms with Crippen LogP contribution in [0.2, 0.25) is 0 Å². The Morgan fingerprint density at radius 3 is 2.55 bits per heavy atom. The number of hydrogen-bond acceptors (Lipinski definition) is 3. The third-order valence-electron chi connectivity index (χ3n) is 3.80. The van der Waals surface area contributed by atoms with Gasteiger partial charge in [-0.25, -0.2) is 0 Å². The molecule has 1 saturated heterocycles. The Morgan fingerprint density at radius 1 is 1.10 bits per heavy atom. The van der Waals surface area contributed by atoms with Gasteiger partial charge in [-0.05, 0) is 50.1 Å². The van der Waals surface area contributed by atoms with Gasteiger partial charge in [-0.1, -0.05) is 0 Å².